The van der Waals surface area contributed by atoms with E-state index < -0.39 is 14.6 Å². The monoisotopic (exact) mass is 335 g/mol. The Balaban J connectivity index is 2.21. The molecule has 21 heavy (non-hydrogen) atoms. The average Bonchev–Trinajstić information content (AvgIpc) is 2.81. The lowest BCUT2D eigenvalue weighted by molar-refractivity contribution is 0.0109. The predicted molar refractivity (Wildman–Crippen MR) is 80.0 cm³/mol. The van der Waals surface area contributed by atoms with E-state index in [1.807, 2.05) is 20.8 Å². The molecular weight excluding hydrogens is 314 g/mol. The molecule has 2 rings (SSSR count). The third kappa shape index (κ3) is 4.17. The average molecular weight is 336 g/mol. The molecule has 6 nitrogen and oxygen atoms in total. The van der Waals surface area contributed by atoms with Crippen molar-refractivity contribution >= 4 is 19.7 Å². The summed E-state index contributed by atoms with van der Waals surface area (Å²) in [6.45, 7) is 6.52. The molecule has 1 fully saturated rings. The first kappa shape index (κ1) is 16.7. The SMILES string of the molecule is CC(C)(C)n1c(CCC2CCCCO2)nnc1S(=O)(=O)Cl. The number of nitrogens with zero attached hydrogens (tertiary/aromatic N) is 3. The Hall–Kier alpha value is -0.660. The van der Waals surface area contributed by atoms with Crippen molar-refractivity contribution < 1.29 is 13.2 Å². The maximum atomic E-state index is 11.6. The third-order valence-corrected chi connectivity index (χ3v) is 4.67. The van der Waals surface area contributed by atoms with Gasteiger partial charge in [-0.25, -0.2) is 8.42 Å². The quantitative estimate of drug-likeness (QED) is 0.790. The minimum Gasteiger partial charge on any atom is -0.378 e. The van der Waals surface area contributed by atoms with Crippen LogP contribution in [0.4, 0.5) is 0 Å². The van der Waals surface area contributed by atoms with Gasteiger partial charge in [-0.3, -0.25) is 4.57 Å². The molecule has 0 saturated carbocycles. The van der Waals surface area contributed by atoms with Crippen LogP contribution in [0, 0.1) is 0 Å². The molecule has 1 aliphatic heterocycles. The Morgan fingerprint density at radius 3 is 2.57 bits per heavy atom. The predicted octanol–water partition coefficient (Wildman–Crippen LogP) is 2.46. The van der Waals surface area contributed by atoms with Gasteiger partial charge in [-0.1, -0.05) is 0 Å². The number of aryl methyl sites for hydroxylation is 1. The lowest BCUT2D eigenvalue weighted by Gasteiger charge is -2.25. The van der Waals surface area contributed by atoms with Crippen LogP contribution in [0.25, 0.3) is 0 Å². The molecule has 120 valence electrons. The molecule has 1 saturated heterocycles. The van der Waals surface area contributed by atoms with Gasteiger partial charge in [-0.15, -0.1) is 10.2 Å². The summed E-state index contributed by atoms with van der Waals surface area (Å²) in [6, 6.07) is 0. The van der Waals surface area contributed by atoms with E-state index >= 15 is 0 Å². The van der Waals surface area contributed by atoms with Crippen LogP contribution >= 0.6 is 10.7 Å². The Kier molecular flexibility index (Phi) is 4.95. The van der Waals surface area contributed by atoms with Crippen molar-refractivity contribution in [3.05, 3.63) is 5.82 Å². The molecule has 1 aromatic heterocycles. The number of ether oxygens (including phenoxy) is 1. The molecule has 0 amide bonds. The van der Waals surface area contributed by atoms with Crippen LogP contribution in [-0.2, 0) is 25.7 Å². The lowest BCUT2D eigenvalue weighted by Crippen LogP contribution is -2.28. The van der Waals surface area contributed by atoms with Crippen molar-refractivity contribution in [1.82, 2.24) is 14.8 Å². The van der Waals surface area contributed by atoms with Crippen molar-refractivity contribution in [1.29, 1.82) is 0 Å². The Morgan fingerprint density at radius 2 is 2.05 bits per heavy atom. The number of hydrogen-bond donors (Lipinski definition) is 0. The van der Waals surface area contributed by atoms with Crippen LogP contribution in [-0.4, -0.2) is 35.9 Å². The Morgan fingerprint density at radius 1 is 1.33 bits per heavy atom. The first-order valence-corrected chi connectivity index (χ1v) is 9.51. The van der Waals surface area contributed by atoms with E-state index in [-0.39, 0.29) is 11.3 Å². The van der Waals surface area contributed by atoms with Gasteiger partial charge in [0.2, 0.25) is 0 Å². The number of aromatic nitrogens is 3. The first-order chi connectivity index (χ1) is 9.69. The molecule has 1 unspecified atom stereocenters. The lowest BCUT2D eigenvalue weighted by atomic mass is 10.0. The normalized spacial score (nSPS) is 20.7. The maximum Gasteiger partial charge on any atom is 0.296 e. The van der Waals surface area contributed by atoms with Gasteiger partial charge in [-0.05, 0) is 46.5 Å². The zero-order valence-corrected chi connectivity index (χ0v) is 14.2. The van der Waals surface area contributed by atoms with E-state index in [9.17, 15) is 8.42 Å². The number of rotatable bonds is 4. The minimum absolute atomic E-state index is 0.184. The van der Waals surface area contributed by atoms with Crippen molar-refractivity contribution in [2.45, 2.75) is 69.7 Å². The highest BCUT2D eigenvalue weighted by atomic mass is 35.7. The highest BCUT2D eigenvalue weighted by Crippen LogP contribution is 2.25. The fraction of sp³-hybridized carbons (Fsp3) is 0.846. The van der Waals surface area contributed by atoms with Crippen LogP contribution < -0.4 is 0 Å². The molecule has 0 aliphatic carbocycles. The van der Waals surface area contributed by atoms with E-state index in [4.69, 9.17) is 15.4 Å². The number of hydrogen-bond acceptors (Lipinski definition) is 5. The summed E-state index contributed by atoms with van der Waals surface area (Å²) >= 11 is 0. The van der Waals surface area contributed by atoms with Gasteiger partial charge < -0.3 is 4.74 Å². The highest BCUT2D eigenvalue weighted by Gasteiger charge is 2.29. The zero-order chi connectivity index (χ0) is 15.7. The van der Waals surface area contributed by atoms with Crippen molar-refractivity contribution in [2.24, 2.45) is 0 Å². The summed E-state index contributed by atoms with van der Waals surface area (Å²) in [5.74, 6) is 0.635. The van der Waals surface area contributed by atoms with Gasteiger partial charge in [0.05, 0.1) is 6.10 Å². The van der Waals surface area contributed by atoms with Crippen LogP contribution in [0.1, 0.15) is 52.3 Å². The Labute approximate surface area is 130 Å². The van der Waals surface area contributed by atoms with Crippen LogP contribution in [0.5, 0.6) is 0 Å². The van der Waals surface area contributed by atoms with Crippen LogP contribution in [0.3, 0.4) is 0 Å². The molecule has 2 heterocycles. The van der Waals surface area contributed by atoms with Gasteiger partial charge >= 0.3 is 0 Å². The summed E-state index contributed by atoms with van der Waals surface area (Å²) < 4.78 is 30.6. The Bertz CT molecular complexity index is 586. The van der Waals surface area contributed by atoms with E-state index in [2.05, 4.69) is 10.2 Å². The first-order valence-electron chi connectivity index (χ1n) is 7.20. The summed E-state index contributed by atoms with van der Waals surface area (Å²) in [4.78, 5) is 0. The van der Waals surface area contributed by atoms with Gasteiger partial charge in [0, 0.05) is 29.2 Å². The fourth-order valence-electron chi connectivity index (χ4n) is 2.62. The largest absolute Gasteiger partial charge is 0.378 e. The summed E-state index contributed by atoms with van der Waals surface area (Å²) in [5, 5.41) is 7.61. The second kappa shape index (κ2) is 6.22. The van der Waals surface area contributed by atoms with Crippen LogP contribution in [0.2, 0.25) is 0 Å². The summed E-state index contributed by atoms with van der Waals surface area (Å²) in [5.41, 5.74) is -0.455. The molecule has 0 spiro atoms. The molecule has 0 radical (unpaired) electrons. The second-order valence-electron chi connectivity index (χ2n) is 6.37. The standard InChI is InChI=1S/C13H22ClN3O3S/c1-13(2,3)17-11(15-16-12(17)21(14,18)19)8-7-10-6-4-5-9-20-10/h10H,4-9H2,1-3H3. The summed E-state index contributed by atoms with van der Waals surface area (Å²) in [7, 11) is 1.55. The third-order valence-electron chi connectivity index (χ3n) is 3.55. The molecule has 0 bridgehead atoms. The molecule has 1 aromatic rings. The van der Waals surface area contributed by atoms with Gasteiger partial charge in [-0.2, -0.15) is 0 Å². The van der Waals surface area contributed by atoms with E-state index in [1.165, 1.54) is 6.42 Å². The smallest absolute Gasteiger partial charge is 0.296 e. The van der Waals surface area contributed by atoms with E-state index in [1.54, 1.807) is 4.57 Å². The van der Waals surface area contributed by atoms with E-state index in [0.29, 0.717) is 12.2 Å². The molecule has 0 N–H and O–H groups in total. The van der Waals surface area contributed by atoms with Crippen molar-refractivity contribution in [2.75, 3.05) is 6.61 Å². The second-order valence-corrected chi connectivity index (χ2v) is 8.83. The van der Waals surface area contributed by atoms with E-state index in [0.717, 1.165) is 25.9 Å². The molecule has 1 atom stereocenters. The van der Waals surface area contributed by atoms with Crippen molar-refractivity contribution in [3.8, 4) is 0 Å². The molecular formula is C13H22ClN3O3S. The summed E-state index contributed by atoms with van der Waals surface area (Å²) in [6.07, 6.45) is 5.00. The molecule has 0 aromatic carbocycles. The van der Waals surface area contributed by atoms with Gasteiger partial charge in [0.1, 0.15) is 5.82 Å². The van der Waals surface area contributed by atoms with Crippen molar-refractivity contribution in [3.63, 3.8) is 0 Å². The fourth-order valence-corrected chi connectivity index (χ4v) is 3.65. The van der Waals surface area contributed by atoms with Gasteiger partial charge in [0.15, 0.2) is 0 Å². The molecule has 1 aliphatic rings. The zero-order valence-electron chi connectivity index (χ0n) is 12.7. The number of halogens is 1. The van der Waals surface area contributed by atoms with Crippen LogP contribution in [0.15, 0.2) is 5.16 Å². The van der Waals surface area contributed by atoms with Gasteiger partial charge in [0.25, 0.3) is 14.2 Å². The topological polar surface area (TPSA) is 74.1 Å². The highest BCUT2D eigenvalue weighted by molar-refractivity contribution is 8.13. The molecule has 8 heteroatoms. The minimum atomic E-state index is -3.91. The maximum absolute atomic E-state index is 11.6.